The zero-order valence-electron chi connectivity index (χ0n) is 11.1. The van der Waals surface area contributed by atoms with Gasteiger partial charge in [0, 0.05) is 16.7 Å². The van der Waals surface area contributed by atoms with Crippen molar-refractivity contribution >= 4 is 34.1 Å². The number of benzene rings is 2. The van der Waals surface area contributed by atoms with Gasteiger partial charge in [-0.15, -0.1) is 0 Å². The molecule has 0 radical (unpaired) electrons. The van der Waals surface area contributed by atoms with Crippen LogP contribution >= 0.6 is 11.6 Å². The Labute approximate surface area is 126 Å². The number of fused-ring (bicyclic) bond motifs is 1. The fraction of sp³-hybridized carbons (Fsp3) is 0.0625. The molecule has 0 bridgehead atoms. The molecule has 3 rings (SSSR count). The lowest BCUT2D eigenvalue weighted by Gasteiger charge is -2.08. The number of rotatable bonds is 3. The number of anilines is 1. The second kappa shape index (κ2) is 5.50. The van der Waals surface area contributed by atoms with Gasteiger partial charge in [-0.3, -0.25) is 4.79 Å². The van der Waals surface area contributed by atoms with E-state index in [-0.39, 0.29) is 18.1 Å². The highest BCUT2D eigenvalue weighted by molar-refractivity contribution is 6.31. The van der Waals surface area contributed by atoms with E-state index in [9.17, 15) is 9.90 Å². The van der Waals surface area contributed by atoms with Gasteiger partial charge in [0.05, 0.1) is 12.1 Å². The molecule has 4 nitrogen and oxygen atoms in total. The summed E-state index contributed by atoms with van der Waals surface area (Å²) in [6, 6.07) is 12.3. The third-order valence-electron chi connectivity index (χ3n) is 3.22. The van der Waals surface area contributed by atoms with Gasteiger partial charge in [0.15, 0.2) is 0 Å². The van der Waals surface area contributed by atoms with Crippen LogP contribution in [0.2, 0.25) is 5.02 Å². The summed E-state index contributed by atoms with van der Waals surface area (Å²) in [7, 11) is 0. The quantitative estimate of drug-likeness (QED) is 0.646. The van der Waals surface area contributed by atoms with Gasteiger partial charge < -0.3 is 15.4 Å². The van der Waals surface area contributed by atoms with Gasteiger partial charge in [-0.2, -0.15) is 0 Å². The minimum absolute atomic E-state index is 0.00688. The minimum Gasteiger partial charge on any atom is -0.506 e. The van der Waals surface area contributed by atoms with E-state index in [0.717, 1.165) is 16.5 Å². The molecule has 1 aromatic heterocycles. The number of halogens is 1. The standard InChI is InChI=1S/C16H13ClN2O2/c17-12-3-4-15(20)14(9-12)19-16(21)8-10-1-2-11-5-6-18-13(11)7-10/h1-7,9,18,20H,8H2,(H,19,21). The summed E-state index contributed by atoms with van der Waals surface area (Å²) in [5, 5.41) is 13.9. The summed E-state index contributed by atoms with van der Waals surface area (Å²) in [6.07, 6.45) is 2.08. The van der Waals surface area contributed by atoms with Gasteiger partial charge in [0.25, 0.3) is 0 Å². The zero-order chi connectivity index (χ0) is 14.8. The van der Waals surface area contributed by atoms with Gasteiger partial charge in [0.2, 0.25) is 5.91 Å². The molecule has 0 saturated carbocycles. The smallest absolute Gasteiger partial charge is 0.228 e. The highest BCUT2D eigenvalue weighted by Gasteiger charge is 2.08. The first kappa shape index (κ1) is 13.5. The third-order valence-corrected chi connectivity index (χ3v) is 3.45. The maximum absolute atomic E-state index is 12.0. The monoisotopic (exact) mass is 300 g/mol. The van der Waals surface area contributed by atoms with E-state index in [2.05, 4.69) is 10.3 Å². The summed E-state index contributed by atoms with van der Waals surface area (Å²) < 4.78 is 0. The second-order valence-electron chi connectivity index (χ2n) is 4.79. The molecular weight excluding hydrogens is 288 g/mol. The molecule has 0 aliphatic heterocycles. The average molecular weight is 301 g/mol. The second-order valence-corrected chi connectivity index (χ2v) is 5.22. The van der Waals surface area contributed by atoms with Crippen LogP contribution in [0.1, 0.15) is 5.56 Å². The van der Waals surface area contributed by atoms with Crippen LogP contribution < -0.4 is 5.32 Å². The number of aromatic hydroxyl groups is 1. The highest BCUT2D eigenvalue weighted by atomic mass is 35.5. The molecule has 21 heavy (non-hydrogen) atoms. The Hall–Kier alpha value is -2.46. The van der Waals surface area contributed by atoms with E-state index in [4.69, 9.17) is 11.6 Å². The molecule has 0 unspecified atom stereocenters. The van der Waals surface area contributed by atoms with E-state index in [1.807, 2.05) is 30.5 Å². The van der Waals surface area contributed by atoms with Crippen LogP contribution in [-0.4, -0.2) is 16.0 Å². The number of nitrogens with one attached hydrogen (secondary N) is 2. The van der Waals surface area contributed by atoms with Crippen LogP contribution in [0.5, 0.6) is 5.75 Å². The number of carbonyl (C=O) groups is 1. The molecule has 3 aromatic rings. The van der Waals surface area contributed by atoms with Gasteiger partial charge in [0.1, 0.15) is 5.75 Å². The first-order valence-electron chi connectivity index (χ1n) is 6.46. The number of hydrogen-bond donors (Lipinski definition) is 3. The van der Waals surface area contributed by atoms with Crippen molar-refractivity contribution in [3.8, 4) is 5.75 Å². The van der Waals surface area contributed by atoms with E-state index < -0.39 is 0 Å². The molecule has 0 atom stereocenters. The minimum atomic E-state index is -0.210. The van der Waals surface area contributed by atoms with Crippen molar-refractivity contribution in [2.45, 2.75) is 6.42 Å². The number of phenols is 1. The molecule has 3 N–H and O–H groups in total. The largest absolute Gasteiger partial charge is 0.506 e. The van der Waals surface area contributed by atoms with Gasteiger partial charge in [-0.1, -0.05) is 23.7 Å². The molecule has 2 aromatic carbocycles. The number of H-pyrrole nitrogens is 1. The first-order valence-corrected chi connectivity index (χ1v) is 6.84. The summed E-state index contributed by atoms with van der Waals surface area (Å²) in [6.45, 7) is 0. The molecule has 0 aliphatic rings. The molecule has 0 saturated heterocycles. The van der Waals surface area contributed by atoms with Gasteiger partial charge >= 0.3 is 0 Å². The van der Waals surface area contributed by atoms with Crippen LogP contribution in [-0.2, 0) is 11.2 Å². The Morgan fingerprint density at radius 2 is 2.05 bits per heavy atom. The summed E-state index contributed by atoms with van der Waals surface area (Å²) >= 11 is 5.85. The van der Waals surface area contributed by atoms with Gasteiger partial charge in [-0.25, -0.2) is 0 Å². The fourth-order valence-electron chi connectivity index (χ4n) is 2.19. The van der Waals surface area contributed by atoms with Crippen molar-refractivity contribution in [2.24, 2.45) is 0 Å². The van der Waals surface area contributed by atoms with Crippen LogP contribution in [0.25, 0.3) is 10.9 Å². The predicted molar refractivity (Wildman–Crippen MR) is 83.7 cm³/mol. The predicted octanol–water partition coefficient (Wildman–Crippen LogP) is 3.71. The Morgan fingerprint density at radius 3 is 2.90 bits per heavy atom. The lowest BCUT2D eigenvalue weighted by molar-refractivity contribution is -0.115. The van der Waals surface area contributed by atoms with E-state index in [1.54, 1.807) is 6.07 Å². The number of amides is 1. The number of aromatic amines is 1. The van der Waals surface area contributed by atoms with Crippen LogP contribution in [0.15, 0.2) is 48.7 Å². The lowest BCUT2D eigenvalue weighted by atomic mass is 10.1. The Bertz CT molecular complexity index is 811. The molecular formula is C16H13ClN2O2. The molecule has 0 spiro atoms. The van der Waals surface area contributed by atoms with Crippen LogP contribution in [0, 0.1) is 0 Å². The molecule has 0 fully saturated rings. The van der Waals surface area contributed by atoms with Gasteiger partial charge in [-0.05, 0) is 41.3 Å². The normalized spacial score (nSPS) is 10.7. The molecule has 106 valence electrons. The summed E-state index contributed by atoms with van der Waals surface area (Å²) in [5.41, 5.74) is 2.20. The van der Waals surface area contributed by atoms with E-state index >= 15 is 0 Å². The summed E-state index contributed by atoms with van der Waals surface area (Å²) in [4.78, 5) is 15.2. The number of phenolic OH excluding ortho intramolecular Hbond substituents is 1. The van der Waals surface area contributed by atoms with Crippen molar-refractivity contribution in [2.75, 3.05) is 5.32 Å². The average Bonchev–Trinajstić information content (AvgIpc) is 2.90. The topological polar surface area (TPSA) is 65.1 Å². The first-order chi connectivity index (χ1) is 10.1. The maximum atomic E-state index is 12.0. The van der Waals surface area contributed by atoms with E-state index in [1.165, 1.54) is 12.1 Å². The van der Waals surface area contributed by atoms with Crippen molar-refractivity contribution in [1.82, 2.24) is 4.98 Å². The third kappa shape index (κ3) is 3.01. The van der Waals surface area contributed by atoms with Crippen molar-refractivity contribution in [1.29, 1.82) is 0 Å². The van der Waals surface area contributed by atoms with Crippen LogP contribution in [0.3, 0.4) is 0 Å². The molecule has 0 aliphatic carbocycles. The number of hydrogen-bond acceptors (Lipinski definition) is 2. The highest BCUT2D eigenvalue weighted by Crippen LogP contribution is 2.26. The molecule has 1 amide bonds. The van der Waals surface area contributed by atoms with Crippen molar-refractivity contribution in [3.05, 3.63) is 59.2 Å². The fourth-order valence-corrected chi connectivity index (χ4v) is 2.37. The van der Waals surface area contributed by atoms with Crippen LogP contribution in [0.4, 0.5) is 5.69 Å². The van der Waals surface area contributed by atoms with Crippen molar-refractivity contribution < 1.29 is 9.90 Å². The Balaban J connectivity index is 1.75. The SMILES string of the molecule is O=C(Cc1ccc2cc[nH]c2c1)Nc1cc(Cl)ccc1O. The van der Waals surface area contributed by atoms with E-state index in [0.29, 0.717) is 10.7 Å². The molecule has 1 heterocycles. The zero-order valence-corrected chi connectivity index (χ0v) is 11.8. The maximum Gasteiger partial charge on any atom is 0.228 e. The van der Waals surface area contributed by atoms with Crippen molar-refractivity contribution in [3.63, 3.8) is 0 Å². The number of aromatic nitrogens is 1. The Morgan fingerprint density at radius 1 is 1.19 bits per heavy atom. The Kier molecular flexibility index (Phi) is 3.54. The molecule has 5 heteroatoms. The number of carbonyl (C=O) groups excluding carboxylic acids is 1. The lowest BCUT2D eigenvalue weighted by Crippen LogP contribution is -2.14. The summed E-state index contributed by atoms with van der Waals surface area (Å²) in [5.74, 6) is -0.217.